The van der Waals surface area contributed by atoms with Crippen LogP contribution < -0.4 is 5.32 Å². The Morgan fingerprint density at radius 2 is 1.81 bits per heavy atom. The van der Waals surface area contributed by atoms with Crippen LogP contribution in [0, 0.1) is 10.1 Å². The normalized spacial score (nSPS) is 25.7. The molecule has 1 fully saturated rings. The van der Waals surface area contributed by atoms with E-state index in [1.54, 1.807) is 6.07 Å². The molecule has 138 valence electrons. The van der Waals surface area contributed by atoms with Crippen LogP contribution in [0.25, 0.3) is 0 Å². The van der Waals surface area contributed by atoms with Crippen LogP contribution in [-0.2, 0) is 4.74 Å². The Labute approximate surface area is 153 Å². The number of non-ortho nitro benzene ring substituents is 1. The monoisotopic (exact) mass is 378 g/mol. The molecule has 9 heteroatoms. The Hall–Kier alpha value is -2.17. The van der Waals surface area contributed by atoms with E-state index in [4.69, 9.17) is 4.74 Å². The molecule has 2 aromatic carbocycles. The Morgan fingerprint density at radius 1 is 1.08 bits per heavy atom. The summed E-state index contributed by atoms with van der Waals surface area (Å²) in [6.45, 7) is -0.156. The maximum Gasteiger partial charge on any atom is 0.272 e. The van der Waals surface area contributed by atoms with Crippen LogP contribution in [0.3, 0.4) is 0 Å². The molecule has 1 aliphatic heterocycles. The predicted octanol–water partition coefficient (Wildman–Crippen LogP) is 1.60. The number of anilines is 1. The van der Waals surface area contributed by atoms with E-state index in [2.05, 4.69) is 5.32 Å². The summed E-state index contributed by atoms with van der Waals surface area (Å²) in [5.41, 5.74) is 0.254. The molecule has 0 unspecified atom stereocenters. The van der Waals surface area contributed by atoms with Crippen molar-refractivity contribution in [3.05, 3.63) is 58.6 Å². The van der Waals surface area contributed by atoms with Crippen molar-refractivity contribution >= 4 is 23.1 Å². The average molecular weight is 378 g/mol. The van der Waals surface area contributed by atoms with E-state index < -0.39 is 29.5 Å². The van der Waals surface area contributed by atoms with Gasteiger partial charge in [-0.3, -0.25) is 10.1 Å². The Kier molecular flexibility index (Phi) is 5.74. The zero-order valence-electron chi connectivity index (χ0n) is 13.6. The number of rotatable bonds is 5. The van der Waals surface area contributed by atoms with Gasteiger partial charge in [-0.15, -0.1) is 0 Å². The zero-order valence-corrected chi connectivity index (χ0v) is 14.4. The number of nitro groups is 1. The summed E-state index contributed by atoms with van der Waals surface area (Å²) in [7, 11) is 0. The van der Waals surface area contributed by atoms with Crippen LogP contribution in [0.2, 0.25) is 0 Å². The van der Waals surface area contributed by atoms with E-state index in [0.717, 1.165) is 4.90 Å². The summed E-state index contributed by atoms with van der Waals surface area (Å²) in [5.74, 6) is 0. The lowest BCUT2D eigenvalue weighted by molar-refractivity contribution is -0.385. The number of benzene rings is 2. The molecule has 4 atom stereocenters. The molecule has 1 aliphatic rings. The minimum absolute atomic E-state index is 0.112. The number of hydrogen-bond acceptors (Lipinski definition) is 8. The third-order valence-corrected chi connectivity index (χ3v) is 4.87. The molecular formula is C17H18N2O6S. The molecule has 4 N–H and O–H groups in total. The largest absolute Gasteiger partial charge is 0.388 e. The molecule has 0 spiro atoms. The second-order valence-electron chi connectivity index (χ2n) is 5.83. The molecule has 0 aromatic heterocycles. The van der Waals surface area contributed by atoms with Crippen molar-refractivity contribution in [2.45, 2.75) is 34.3 Å². The summed E-state index contributed by atoms with van der Waals surface area (Å²) < 4.78 is 5.29. The first-order valence-electron chi connectivity index (χ1n) is 7.89. The molecule has 2 aromatic rings. The molecule has 0 bridgehead atoms. The topological polar surface area (TPSA) is 125 Å². The van der Waals surface area contributed by atoms with E-state index >= 15 is 0 Å². The van der Waals surface area contributed by atoms with Crippen molar-refractivity contribution in [2.75, 3.05) is 11.9 Å². The third-order valence-electron chi connectivity index (χ3n) is 3.89. The Bertz CT molecular complexity index is 775. The van der Waals surface area contributed by atoms with Crippen molar-refractivity contribution in [3.8, 4) is 0 Å². The molecule has 0 amide bonds. The summed E-state index contributed by atoms with van der Waals surface area (Å²) in [6, 6.07) is 13.9. The Balaban J connectivity index is 1.83. The lowest BCUT2D eigenvalue weighted by atomic mass is 10.0. The minimum Gasteiger partial charge on any atom is -0.388 e. The quantitative estimate of drug-likeness (QED) is 0.457. The van der Waals surface area contributed by atoms with Crippen LogP contribution in [0.5, 0.6) is 0 Å². The van der Waals surface area contributed by atoms with Gasteiger partial charge in [0.05, 0.1) is 11.5 Å². The zero-order chi connectivity index (χ0) is 18.7. The Morgan fingerprint density at radius 3 is 2.50 bits per heavy atom. The van der Waals surface area contributed by atoms with E-state index in [1.165, 1.54) is 23.9 Å². The highest BCUT2D eigenvalue weighted by molar-refractivity contribution is 7.99. The van der Waals surface area contributed by atoms with Crippen molar-refractivity contribution in [1.29, 1.82) is 0 Å². The molecule has 0 saturated carbocycles. The molecule has 1 saturated heterocycles. The average Bonchev–Trinajstić information content (AvgIpc) is 2.63. The van der Waals surface area contributed by atoms with Crippen LogP contribution in [0.1, 0.15) is 0 Å². The molecular weight excluding hydrogens is 360 g/mol. The van der Waals surface area contributed by atoms with Gasteiger partial charge in [0.2, 0.25) is 0 Å². The molecule has 8 nitrogen and oxygen atoms in total. The standard InChI is InChI=1S/C17H18N2O6S/c20-14-9-25-17(16(22)15(14)21)18-10-6-11(19(23)24)8-13(7-10)26-12-4-2-1-3-5-12/h1-8,14-18,20-22H,9H2/t14-,15-,16-,17+/m1/s1. The predicted molar refractivity (Wildman–Crippen MR) is 95.0 cm³/mol. The summed E-state index contributed by atoms with van der Waals surface area (Å²) in [5, 5.41) is 43.3. The fraction of sp³-hybridized carbons (Fsp3) is 0.294. The number of nitrogens with zero attached hydrogens (tertiary/aromatic N) is 1. The molecule has 1 heterocycles. The van der Waals surface area contributed by atoms with E-state index in [-0.39, 0.29) is 12.3 Å². The second-order valence-corrected chi connectivity index (χ2v) is 6.98. The SMILES string of the molecule is O=[N+]([O-])c1cc(N[C@H]2OC[C@@H](O)[C@@H](O)[C@H]2O)cc(Sc2ccccc2)c1. The summed E-state index contributed by atoms with van der Waals surface area (Å²) in [4.78, 5) is 12.3. The number of hydrogen-bond donors (Lipinski definition) is 4. The lowest BCUT2D eigenvalue weighted by Crippen LogP contribution is -2.55. The summed E-state index contributed by atoms with van der Waals surface area (Å²) >= 11 is 1.36. The van der Waals surface area contributed by atoms with Gasteiger partial charge in [-0.25, -0.2) is 0 Å². The smallest absolute Gasteiger partial charge is 0.272 e. The van der Waals surface area contributed by atoms with Crippen molar-refractivity contribution < 1.29 is 25.0 Å². The first-order chi connectivity index (χ1) is 12.4. The van der Waals surface area contributed by atoms with E-state index in [1.807, 2.05) is 30.3 Å². The van der Waals surface area contributed by atoms with E-state index in [0.29, 0.717) is 10.6 Å². The highest BCUT2D eigenvalue weighted by atomic mass is 32.2. The van der Waals surface area contributed by atoms with Crippen molar-refractivity contribution in [1.82, 2.24) is 0 Å². The highest BCUT2D eigenvalue weighted by Crippen LogP contribution is 2.33. The highest BCUT2D eigenvalue weighted by Gasteiger charge is 2.37. The first-order valence-corrected chi connectivity index (χ1v) is 8.70. The maximum absolute atomic E-state index is 11.2. The molecule has 3 rings (SSSR count). The number of nitro benzene ring substituents is 1. The fourth-order valence-corrected chi connectivity index (χ4v) is 3.48. The number of ether oxygens (including phenoxy) is 1. The van der Waals surface area contributed by atoms with Gasteiger partial charge in [-0.2, -0.15) is 0 Å². The van der Waals surface area contributed by atoms with Crippen molar-refractivity contribution in [2.24, 2.45) is 0 Å². The van der Waals surface area contributed by atoms with Gasteiger partial charge in [-0.05, 0) is 18.2 Å². The summed E-state index contributed by atoms with van der Waals surface area (Å²) in [6.07, 6.45) is -4.91. The third kappa shape index (κ3) is 4.32. The molecule has 26 heavy (non-hydrogen) atoms. The minimum atomic E-state index is -1.37. The van der Waals surface area contributed by atoms with Crippen LogP contribution in [0.4, 0.5) is 11.4 Å². The maximum atomic E-state index is 11.2. The molecule has 0 aliphatic carbocycles. The lowest BCUT2D eigenvalue weighted by Gasteiger charge is -2.35. The number of nitrogens with one attached hydrogen (secondary N) is 1. The van der Waals surface area contributed by atoms with Crippen LogP contribution in [-0.4, -0.2) is 51.4 Å². The van der Waals surface area contributed by atoms with Crippen LogP contribution in [0.15, 0.2) is 58.3 Å². The first kappa shape index (κ1) is 18.6. The van der Waals surface area contributed by atoms with Gasteiger partial charge in [0.15, 0.2) is 6.23 Å². The molecule has 0 radical (unpaired) electrons. The van der Waals surface area contributed by atoms with Gasteiger partial charge in [0.1, 0.15) is 18.3 Å². The number of aliphatic hydroxyl groups excluding tert-OH is 3. The second kappa shape index (κ2) is 8.02. The fourth-order valence-electron chi connectivity index (χ4n) is 2.55. The van der Waals surface area contributed by atoms with Gasteiger partial charge in [0.25, 0.3) is 5.69 Å². The van der Waals surface area contributed by atoms with E-state index in [9.17, 15) is 25.4 Å². The van der Waals surface area contributed by atoms with Gasteiger partial charge in [0, 0.05) is 27.6 Å². The number of aliphatic hydroxyl groups is 3. The van der Waals surface area contributed by atoms with Crippen LogP contribution >= 0.6 is 11.8 Å². The van der Waals surface area contributed by atoms with Crippen molar-refractivity contribution in [3.63, 3.8) is 0 Å². The van der Waals surface area contributed by atoms with Gasteiger partial charge >= 0.3 is 0 Å². The van der Waals surface area contributed by atoms with Gasteiger partial charge in [-0.1, -0.05) is 30.0 Å². The van der Waals surface area contributed by atoms with Gasteiger partial charge < -0.3 is 25.4 Å².